The first-order valence-corrected chi connectivity index (χ1v) is 7.80. The van der Waals surface area contributed by atoms with Crippen molar-refractivity contribution in [2.45, 2.75) is 32.6 Å². The van der Waals surface area contributed by atoms with Crippen molar-refractivity contribution in [2.75, 3.05) is 6.54 Å². The predicted molar refractivity (Wildman–Crippen MR) is 75.0 cm³/mol. The smallest absolute Gasteiger partial charge is 0.232 e. The predicted octanol–water partition coefficient (Wildman–Crippen LogP) is 2.46. The number of alkyl halides is 1. The number of imide groups is 1. The Bertz CT molecular complexity index is 469. The van der Waals surface area contributed by atoms with Gasteiger partial charge in [-0.25, -0.2) is 4.98 Å². The minimum Gasteiger partial charge on any atom is -0.282 e. The molecular weight excluding hydrogens is 284 g/mol. The maximum absolute atomic E-state index is 11.9. The molecule has 1 saturated heterocycles. The van der Waals surface area contributed by atoms with Gasteiger partial charge in [-0.15, -0.1) is 22.9 Å². The van der Waals surface area contributed by atoms with Gasteiger partial charge in [0.1, 0.15) is 0 Å². The van der Waals surface area contributed by atoms with E-state index >= 15 is 0 Å². The number of nitrogens with zero attached hydrogens (tertiary/aromatic N) is 2. The number of amides is 2. The molecule has 0 radical (unpaired) electrons. The Hall–Kier alpha value is -0.940. The number of aryl methyl sites for hydroxylation is 1. The van der Waals surface area contributed by atoms with Crippen molar-refractivity contribution in [3.8, 4) is 0 Å². The van der Waals surface area contributed by atoms with Crippen LogP contribution in [0.2, 0.25) is 0 Å². The third kappa shape index (κ3) is 2.98. The first kappa shape index (κ1) is 14.5. The molecular formula is C13H17ClN2O2S. The van der Waals surface area contributed by atoms with E-state index in [1.165, 1.54) is 4.90 Å². The van der Waals surface area contributed by atoms with Crippen LogP contribution >= 0.6 is 22.9 Å². The average molecular weight is 301 g/mol. The first-order chi connectivity index (χ1) is 9.04. The molecule has 0 aromatic carbocycles. The molecule has 1 aliphatic rings. The highest BCUT2D eigenvalue weighted by molar-refractivity contribution is 7.09. The van der Waals surface area contributed by atoms with E-state index in [2.05, 4.69) is 4.98 Å². The van der Waals surface area contributed by atoms with E-state index in [1.54, 1.807) is 11.3 Å². The standard InChI is InChI=1S/C13H17ClN2O2S/c1-8-9(2)13(18)16(12(8)17)5-3-4-11-15-10(6-14)7-19-11/h7-9H,3-6H2,1-2H3. The van der Waals surface area contributed by atoms with Crippen LogP contribution in [0.5, 0.6) is 0 Å². The number of carbonyl (C=O) groups excluding carboxylic acids is 2. The summed E-state index contributed by atoms with van der Waals surface area (Å²) in [6.07, 6.45) is 1.54. The lowest BCUT2D eigenvalue weighted by Gasteiger charge is -2.13. The minimum atomic E-state index is -0.185. The molecule has 0 spiro atoms. The lowest BCUT2D eigenvalue weighted by atomic mass is 10.00. The lowest BCUT2D eigenvalue weighted by Crippen LogP contribution is -2.32. The highest BCUT2D eigenvalue weighted by Gasteiger charge is 2.41. The third-order valence-corrected chi connectivity index (χ3v) is 4.80. The van der Waals surface area contributed by atoms with Crippen LogP contribution in [0.15, 0.2) is 5.38 Å². The van der Waals surface area contributed by atoms with Gasteiger partial charge in [-0.2, -0.15) is 0 Å². The summed E-state index contributed by atoms with van der Waals surface area (Å²) < 4.78 is 0. The van der Waals surface area contributed by atoms with Crippen molar-refractivity contribution in [3.05, 3.63) is 16.1 Å². The normalized spacial score (nSPS) is 23.4. The Morgan fingerprint density at radius 2 is 1.95 bits per heavy atom. The average Bonchev–Trinajstić information content (AvgIpc) is 2.94. The van der Waals surface area contributed by atoms with Gasteiger partial charge in [0.05, 0.1) is 16.6 Å². The molecule has 1 aromatic heterocycles. The number of hydrogen-bond donors (Lipinski definition) is 0. The van der Waals surface area contributed by atoms with Gasteiger partial charge in [0.25, 0.3) is 0 Å². The van der Waals surface area contributed by atoms with Gasteiger partial charge in [-0.1, -0.05) is 13.8 Å². The van der Waals surface area contributed by atoms with Gasteiger partial charge in [-0.3, -0.25) is 14.5 Å². The van der Waals surface area contributed by atoms with Gasteiger partial charge in [-0.05, 0) is 6.42 Å². The van der Waals surface area contributed by atoms with Crippen LogP contribution in [0.4, 0.5) is 0 Å². The van der Waals surface area contributed by atoms with Gasteiger partial charge in [0, 0.05) is 30.2 Å². The van der Waals surface area contributed by atoms with Crippen molar-refractivity contribution in [3.63, 3.8) is 0 Å². The van der Waals surface area contributed by atoms with E-state index in [-0.39, 0.29) is 23.7 Å². The van der Waals surface area contributed by atoms with Crippen LogP contribution in [-0.2, 0) is 21.9 Å². The fourth-order valence-electron chi connectivity index (χ4n) is 2.16. The topological polar surface area (TPSA) is 50.3 Å². The fraction of sp³-hybridized carbons (Fsp3) is 0.615. The lowest BCUT2D eigenvalue weighted by molar-refractivity contribution is -0.139. The van der Waals surface area contributed by atoms with E-state index in [9.17, 15) is 9.59 Å². The molecule has 6 heteroatoms. The molecule has 2 rings (SSSR count). The quantitative estimate of drug-likeness (QED) is 0.620. The molecule has 2 heterocycles. The summed E-state index contributed by atoms with van der Waals surface area (Å²) in [5.74, 6) is -0.0316. The molecule has 2 unspecified atom stereocenters. The summed E-state index contributed by atoms with van der Waals surface area (Å²) in [6, 6.07) is 0. The molecule has 0 aliphatic carbocycles. The Kier molecular flexibility index (Phi) is 4.58. The minimum absolute atomic E-state index is 0.0434. The summed E-state index contributed by atoms with van der Waals surface area (Å²) in [5, 5.41) is 2.95. The highest BCUT2D eigenvalue weighted by Crippen LogP contribution is 2.25. The summed E-state index contributed by atoms with van der Waals surface area (Å²) in [4.78, 5) is 29.5. The monoisotopic (exact) mass is 300 g/mol. The van der Waals surface area contributed by atoms with Crippen molar-refractivity contribution in [1.82, 2.24) is 9.88 Å². The molecule has 19 heavy (non-hydrogen) atoms. The molecule has 0 N–H and O–H groups in total. The fourth-order valence-corrected chi connectivity index (χ4v) is 3.23. The number of aromatic nitrogens is 1. The number of likely N-dealkylation sites (tertiary alicyclic amines) is 1. The van der Waals surface area contributed by atoms with Crippen LogP contribution in [0.25, 0.3) is 0 Å². The second-order valence-electron chi connectivity index (χ2n) is 4.88. The summed E-state index contributed by atoms with van der Waals surface area (Å²) in [6.45, 7) is 4.12. The van der Waals surface area contributed by atoms with Crippen LogP contribution in [-0.4, -0.2) is 28.2 Å². The summed E-state index contributed by atoms with van der Waals surface area (Å²) >= 11 is 7.27. The van der Waals surface area contributed by atoms with Crippen molar-refractivity contribution < 1.29 is 9.59 Å². The molecule has 0 saturated carbocycles. The number of thiazole rings is 1. The van der Waals surface area contributed by atoms with E-state index in [4.69, 9.17) is 11.6 Å². The maximum atomic E-state index is 11.9. The Balaban J connectivity index is 1.86. The maximum Gasteiger partial charge on any atom is 0.232 e. The first-order valence-electron chi connectivity index (χ1n) is 6.39. The number of halogens is 1. The second kappa shape index (κ2) is 6.01. The largest absolute Gasteiger partial charge is 0.282 e. The summed E-state index contributed by atoms with van der Waals surface area (Å²) in [5.41, 5.74) is 0.886. The molecule has 0 bridgehead atoms. The molecule has 2 amide bonds. The number of carbonyl (C=O) groups is 2. The number of rotatable bonds is 5. The molecule has 104 valence electrons. The molecule has 1 fully saturated rings. The van der Waals surface area contributed by atoms with Crippen molar-refractivity contribution in [2.24, 2.45) is 11.8 Å². The Morgan fingerprint density at radius 1 is 1.32 bits per heavy atom. The van der Waals surface area contributed by atoms with Gasteiger partial charge < -0.3 is 0 Å². The molecule has 2 atom stereocenters. The van der Waals surface area contributed by atoms with Crippen molar-refractivity contribution >= 4 is 34.8 Å². The molecule has 4 nitrogen and oxygen atoms in total. The zero-order valence-corrected chi connectivity index (χ0v) is 12.6. The van der Waals surface area contributed by atoms with Crippen molar-refractivity contribution in [1.29, 1.82) is 0 Å². The second-order valence-corrected chi connectivity index (χ2v) is 6.09. The third-order valence-electron chi connectivity index (χ3n) is 3.57. The van der Waals surface area contributed by atoms with Gasteiger partial charge in [0.15, 0.2) is 0 Å². The van der Waals surface area contributed by atoms with E-state index in [1.807, 2.05) is 19.2 Å². The number of hydrogen-bond acceptors (Lipinski definition) is 4. The SMILES string of the molecule is CC1C(=O)N(CCCc2nc(CCl)cs2)C(=O)C1C. The van der Waals surface area contributed by atoms with Crippen LogP contribution < -0.4 is 0 Å². The van der Waals surface area contributed by atoms with Gasteiger partial charge in [0.2, 0.25) is 11.8 Å². The van der Waals surface area contributed by atoms with Crippen LogP contribution in [0.3, 0.4) is 0 Å². The Morgan fingerprint density at radius 3 is 2.47 bits per heavy atom. The van der Waals surface area contributed by atoms with Crippen LogP contribution in [0.1, 0.15) is 31.0 Å². The highest BCUT2D eigenvalue weighted by atomic mass is 35.5. The van der Waals surface area contributed by atoms with Gasteiger partial charge >= 0.3 is 0 Å². The zero-order valence-electron chi connectivity index (χ0n) is 11.1. The van der Waals surface area contributed by atoms with E-state index < -0.39 is 0 Å². The molecule has 1 aromatic rings. The van der Waals surface area contributed by atoms with E-state index in [0.29, 0.717) is 12.4 Å². The zero-order chi connectivity index (χ0) is 14.0. The summed E-state index contributed by atoms with van der Waals surface area (Å²) in [7, 11) is 0. The molecule has 1 aliphatic heterocycles. The van der Waals surface area contributed by atoms with E-state index in [0.717, 1.165) is 23.5 Å². The Labute approximate surface area is 121 Å². The van der Waals surface area contributed by atoms with Crippen LogP contribution in [0, 0.1) is 11.8 Å².